The molecule has 0 aromatic heterocycles. The van der Waals surface area contributed by atoms with E-state index in [0.717, 1.165) is 37.4 Å². The summed E-state index contributed by atoms with van der Waals surface area (Å²) < 4.78 is 12.0. The Morgan fingerprint density at radius 2 is 1.63 bits per heavy atom. The van der Waals surface area contributed by atoms with Crippen molar-refractivity contribution in [3.05, 3.63) is 0 Å². The van der Waals surface area contributed by atoms with Gasteiger partial charge in [0.05, 0.1) is 13.2 Å². The van der Waals surface area contributed by atoms with Crippen molar-refractivity contribution in [2.75, 3.05) is 13.2 Å². The molecule has 0 radical (unpaired) electrons. The van der Waals surface area contributed by atoms with Gasteiger partial charge in [-0.05, 0) is 23.7 Å². The van der Waals surface area contributed by atoms with Crippen LogP contribution in [0.5, 0.6) is 0 Å². The van der Waals surface area contributed by atoms with Crippen LogP contribution in [0.2, 0.25) is 0 Å². The maximum Gasteiger partial charge on any atom is 0.157 e. The van der Waals surface area contributed by atoms with Crippen molar-refractivity contribution in [1.82, 2.24) is 0 Å². The molecule has 3 atom stereocenters. The Bertz CT molecular complexity index is 248. The van der Waals surface area contributed by atoms with Gasteiger partial charge in [0.2, 0.25) is 0 Å². The Balaban J connectivity index is 1.78. The molecule has 3 unspecified atom stereocenters. The second-order valence-electron chi connectivity index (χ2n) is 7.03. The van der Waals surface area contributed by atoms with E-state index in [1.54, 1.807) is 0 Å². The van der Waals surface area contributed by atoms with Gasteiger partial charge in [0.25, 0.3) is 0 Å². The van der Waals surface area contributed by atoms with Gasteiger partial charge in [0, 0.05) is 12.3 Å². The van der Waals surface area contributed by atoms with Gasteiger partial charge in [0.1, 0.15) is 0 Å². The van der Waals surface area contributed by atoms with Crippen molar-refractivity contribution in [3.63, 3.8) is 0 Å². The second kappa shape index (κ2) is 7.08. The van der Waals surface area contributed by atoms with E-state index in [1.807, 2.05) is 0 Å². The van der Waals surface area contributed by atoms with E-state index >= 15 is 0 Å². The maximum absolute atomic E-state index is 5.99. The van der Waals surface area contributed by atoms with Gasteiger partial charge < -0.3 is 9.47 Å². The number of ether oxygens (including phenoxy) is 2. The first-order chi connectivity index (χ1) is 9.11. The molecule has 2 nitrogen and oxygen atoms in total. The number of hydrogen-bond donors (Lipinski definition) is 0. The van der Waals surface area contributed by atoms with E-state index in [1.165, 1.54) is 25.7 Å². The molecule has 0 amide bonds. The minimum absolute atomic E-state index is 0.0632. The number of rotatable bonds is 4. The largest absolute Gasteiger partial charge is 0.352 e. The molecular formula is C17H32O2. The van der Waals surface area contributed by atoms with Crippen LogP contribution >= 0.6 is 0 Å². The van der Waals surface area contributed by atoms with Gasteiger partial charge in [0.15, 0.2) is 6.29 Å². The third kappa shape index (κ3) is 3.95. The second-order valence-corrected chi connectivity index (χ2v) is 7.03. The fourth-order valence-electron chi connectivity index (χ4n) is 3.79. The van der Waals surface area contributed by atoms with Gasteiger partial charge in [-0.2, -0.15) is 0 Å². The summed E-state index contributed by atoms with van der Waals surface area (Å²) in [6, 6.07) is 0. The summed E-state index contributed by atoms with van der Waals surface area (Å²) in [4.78, 5) is 0. The molecule has 0 aromatic carbocycles. The third-order valence-electron chi connectivity index (χ3n) is 5.69. The predicted octanol–water partition coefficient (Wildman–Crippen LogP) is 4.48. The van der Waals surface area contributed by atoms with E-state index in [0.29, 0.717) is 11.8 Å². The summed E-state index contributed by atoms with van der Waals surface area (Å²) in [5, 5.41) is 0. The van der Waals surface area contributed by atoms with Gasteiger partial charge in [-0.3, -0.25) is 0 Å². The molecule has 1 heterocycles. The van der Waals surface area contributed by atoms with Crippen molar-refractivity contribution in [2.45, 2.75) is 66.1 Å². The zero-order valence-corrected chi connectivity index (χ0v) is 13.2. The first-order valence-electron chi connectivity index (χ1n) is 8.35. The van der Waals surface area contributed by atoms with Crippen LogP contribution in [0.15, 0.2) is 0 Å². The summed E-state index contributed by atoms with van der Waals surface area (Å²) in [5.74, 6) is 3.78. The Hall–Kier alpha value is -0.0800. The fraction of sp³-hybridized carbons (Fsp3) is 1.00. The average molecular weight is 268 g/mol. The fourth-order valence-corrected chi connectivity index (χ4v) is 3.79. The Kier molecular flexibility index (Phi) is 5.70. The predicted molar refractivity (Wildman–Crippen MR) is 78.9 cm³/mol. The molecule has 2 aliphatic rings. The lowest BCUT2D eigenvalue weighted by molar-refractivity contribution is -0.218. The van der Waals surface area contributed by atoms with Gasteiger partial charge >= 0.3 is 0 Å². The maximum atomic E-state index is 5.99. The Labute approximate surface area is 119 Å². The standard InChI is InChI=1S/C17H32O2/c1-5-12(2)15-10-18-17(19-11-15)9-16-13(3)7-6-8-14(16)4/h12-17H,5-11H2,1-4H3. The van der Waals surface area contributed by atoms with Gasteiger partial charge in [-0.25, -0.2) is 0 Å². The molecule has 112 valence electrons. The normalized spacial score (nSPS) is 42.0. The summed E-state index contributed by atoms with van der Waals surface area (Å²) in [6.45, 7) is 11.2. The molecule has 1 saturated carbocycles. The molecule has 1 aliphatic heterocycles. The zero-order valence-electron chi connectivity index (χ0n) is 13.2. The van der Waals surface area contributed by atoms with Crippen LogP contribution < -0.4 is 0 Å². The molecule has 1 saturated heterocycles. The summed E-state index contributed by atoms with van der Waals surface area (Å²) in [7, 11) is 0. The van der Waals surface area contributed by atoms with E-state index < -0.39 is 0 Å². The quantitative estimate of drug-likeness (QED) is 0.748. The van der Waals surface area contributed by atoms with Crippen molar-refractivity contribution < 1.29 is 9.47 Å². The Morgan fingerprint density at radius 1 is 1.05 bits per heavy atom. The summed E-state index contributed by atoms with van der Waals surface area (Å²) in [5.41, 5.74) is 0. The lowest BCUT2D eigenvalue weighted by Gasteiger charge is -2.39. The Morgan fingerprint density at radius 3 is 2.16 bits per heavy atom. The third-order valence-corrected chi connectivity index (χ3v) is 5.69. The summed E-state index contributed by atoms with van der Waals surface area (Å²) >= 11 is 0. The highest BCUT2D eigenvalue weighted by Crippen LogP contribution is 2.38. The van der Waals surface area contributed by atoms with Crippen molar-refractivity contribution in [3.8, 4) is 0 Å². The molecule has 19 heavy (non-hydrogen) atoms. The first kappa shape index (κ1) is 15.3. The van der Waals surface area contributed by atoms with Crippen LogP contribution in [-0.2, 0) is 9.47 Å². The molecule has 2 rings (SSSR count). The lowest BCUT2D eigenvalue weighted by atomic mass is 9.72. The molecule has 0 bridgehead atoms. The molecule has 0 aromatic rings. The summed E-state index contributed by atoms with van der Waals surface area (Å²) in [6.07, 6.45) is 6.57. The van der Waals surface area contributed by atoms with Crippen molar-refractivity contribution >= 4 is 0 Å². The van der Waals surface area contributed by atoms with E-state index in [9.17, 15) is 0 Å². The van der Waals surface area contributed by atoms with E-state index in [-0.39, 0.29) is 6.29 Å². The van der Waals surface area contributed by atoms with Crippen LogP contribution in [-0.4, -0.2) is 19.5 Å². The first-order valence-corrected chi connectivity index (χ1v) is 8.35. The van der Waals surface area contributed by atoms with Gasteiger partial charge in [-0.1, -0.05) is 53.4 Å². The van der Waals surface area contributed by atoms with E-state index in [4.69, 9.17) is 9.47 Å². The molecule has 1 aliphatic carbocycles. The van der Waals surface area contributed by atoms with Crippen LogP contribution in [0.3, 0.4) is 0 Å². The van der Waals surface area contributed by atoms with E-state index in [2.05, 4.69) is 27.7 Å². The van der Waals surface area contributed by atoms with Crippen LogP contribution in [0.4, 0.5) is 0 Å². The van der Waals surface area contributed by atoms with Crippen LogP contribution in [0, 0.1) is 29.6 Å². The topological polar surface area (TPSA) is 18.5 Å². The SMILES string of the molecule is CCC(C)C1COC(CC2C(C)CCCC2C)OC1. The molecular weight excluding hydrogens is 236 g/mol. The zero-order chi connectivity index (χ0) is 13.8. The van der Waals surface area contributed by atoms with Crippen molar-refractivity contribution in [1.29, 1.82) is 0 Å². The molecule has 2 fully saturated rings. The van der Waals surface area contributed by atoms with Crippen LogP contribution in [0.1, 0.15) is 59.8 Å². The minimum atomic E-state index is 0.0632. The minimum Gasteiger partial charge on any atom is -0.352 e. The highest BCUT2D eigenvalue weighted by molar-refractivity contribution is 4.79. The smallest absolute Gasteiger partial charge is 0.157 e. The number of hydrogen-bond acceptors (Lipinski definition) is 2. The van der Waals surface area contributed by atoms with Gasteiger partial charge in [-0.15, -0.1) is 0 Å². The molecule has 2 heteroatoms. The monoisotopic (exact) mass is 268 g/mol. The highest BCUT2D eigenvalue weighted by Gasteiger charge is 2.33. The average Bonchev–Trinajstić information content (AvgIpc) is 2.43. The molecule has 0 spiro atoms. The van der Waals surface area contributed by atoms with Crippen molar-refractivity contribution in [2.24, 2.45) is 29.6 Å². The molecule has 0 N–H and O–H groups in total. The highest BCUT2D eigenvalue weighted by atomic mass is 16.7. The lowest BCUT2D eigenvalue weighted by Crippen LogP contribution is -2.38. The van der Waals surface area contributed by atoms with Crippen LogP contribution in [0.25, 0.3) is 0 Å².